The number of carbonyl (C=O) groups is 2. The number of hydrogen-bond donors (Lipinski definition) is 1. The Balaban J connectivity index is 1.94. The van der Waals surface area contributed by atoms with Crippen LogP contribution in [0, 0.1) is 12.8 Å². The van der Waals surface area contributed by atoms with Crippen LogP contribution in [-0.4, -0.2) is 34.5 Å². The lowest BCUT2D eigenvalue weighted by atomic mass is 9.93. The number of amides is 1. The molecule has 0 saturated carbocycles. The topological polar surface area (TPSA) is 70.8 Å². The molecule has 0 radical (unpaired) electrons. The zero-order valence-corrected chi connectivity index (χ0v) is 12.7. The van der Waals surface area contributed by atoms with E-state index in [1.165, 1.54) is 0 Å². The van der Waals surface area contributed by atoms with Gasteiger partial charge in [0.15, 0.2) is 5.76 Å². The minimum atomic E-state index is -0.842. The average molecular weight is 301 g/mol. The Labute approximate surface area is 128 Å². The first-order valence-electron chi connectivity index (χ1n) is 7.51. The average Bonchev–Trinajstić information content (AvgIpc) is 2.84. The van der Waals surface area contributed by atoms with Gasteiger partial charge in [-0.2, -0.15) is 0 Å². The molecule has 0 spiro atoms. The van der Waals surface area contributed by atoms with Crippen LogP contribution in [0.3, 0.4) is 0 Å². The molecule has 2 atom stereocenters. The molecule has 2 aromatic rings. The maximum absolute atomic E-state index is 12.8. The molecule has 0 aliphatic carbocycles. The van der Waals surface area contributed by atoms with Gasteiger partial charge in [-0.1, -0.05) is 18.2 Å². The van der Waals surface area contributed by atoms with E-state index >= 15 is 0 Å². The Morgan fingerprint density at radius 3 is 2.68 bits per heavy atom. The van der Waals surface area contributed by atoms with Crippen LogP contribution in [0.25, 0.3) is 11.0 Å². The molecule has 116 valence electrons. The number of nitrogens with zero attached hydrogens (tertiary/aromatic N) is 1. The van der Waals surface area contributed by atoms with Gasteiger partial charge in [-0.05, 0) is 32.8 Å². The van der Waals surface area contributed by atoms with Gasteiger partial charge in [0.05, 0.1) is 5.92 Å². The first kappa shape index (κ1) is 14.6. The number of para-hydroxylation sites is 1. The van der Waals surface area contributed by atoms with E-state index < -0.39 is 11.9 Å². The molecule has 1 aliphatic rings. The summed E-state index contributed by atoms with van der Waals surface area (Å²) in [5, 5.41) is 10.1. The van der Waals surface area contributed by atoms with E-state index in [0.29, 0.717) is 24.2 Å². The number of piperidine rings is 1. The lowest BCUT2D eigenvalue weighted by Gasteiger charge is -2.36. The molecule has 0 bridgehead atoms. The maximum atomic E-state index is 12.8. The highest BCUT2D eigenvalue weighted by molar-refractivity contribution is 5.99. The van der Waals surface area contributed by atoms with Crippen molar-refractivity contribution < 1.29 is 19.1 Å². The van der Waals surface area contributed by atoms with Gasteiger partial charge < -0.3 is 14.4 Å². The number of hydrogen-bond acceptors (Lipinski definition) is 3. The van der Waals surface area contributed by atoms with E-state index in [-0.39, 0.29) is 18.5 Å². The number of benzene rings is 1. The largest absolute Gasteiger partial charge is 0.481 e. The molecule has 5 nitrogen and oxygen atoms in total. The molecule has 1 aromatic carbocycles. The Hall–Kier alpha value is -2.30. The van der Waals surface area contributed by atoms with Crippen molar-refractivity contribution in [1.82, 2.24) is 4.90 Å². The molecule has 1 aliphatic heterocycles. The number of rotatable bonds is 2. The smallest absolute Gasteiger partial charge is 0.308 e. The first-order valence-corrected chi connectivity index (χ1v) is 7.51. The Kier molecular flexibility index (Phi) is 3.64. The fourth-order valence-corrected chi connectivity index (χ4v) is 3.10. The lowest BCUT2D eigenvalue weighted by molar-refractivity contribution is -0.143. The van der Waals surface area contributed by atoms with Crippen molar-refractivity contribution in [3.05, 3.63) is 35.6 Å². The van der Waals surface area contributed by atoms with Gasteiger partial charge in [0, 0.05) is 23.5 Å². The zero-order valence-electron chi connectivity index (χ0n) is 12.7. The third kappa shape index (κ3) is 2.36. The van der Waals surface area contributed by atoms with Gasteiger partial charge in [-0.3, -0.25) is 9.59 Å². The quantitative estimate of drug-likeness (QED) is 0.925. The maximum Gasteiger partial charge on any atom is 0.308 e. The van der Waals surface area contributed by atoms with Crippen LogP contribution in [0.5, 0.6) is 0 Å². The predicted molar refractivity (Wildman–Crippen MR) is 81.8 cm³/mol. The summed E-state index contributed by atoms with van der Waals surface area (Å²) in [5.74, 6) is -1.23. The summed E-state index contributed by atoms with van der Waals surface area (Å²) in [6.07, 6.45) is 1.31. The van der Waals surface area contributed by atoms with Crippen LogP contribution < -0.4 is 0 Å². The summed E-state index contributed by atoms with van der Waals surface area (Å²) in [5.41, 5.74) is 1.49. The van der Waals surface area contributed by atoms with Crippen LogP contribution in [0.2, 0.25) is 0 Å². The van der Waals surface area contributed by atoms with Crippen LogP contribution in [0.1, 0.15) is 35.9 Å². The van der Waals surface area contributed by atoms with Gasteiger partial charge >= 0.3 is 5.97 Å². The van der Waals surface area contributed by atoms with Gasteiger partial charge in [-0.25, -0.2) is 0 Å². The van der Waals surface area contributed by atoms with Crippen molar-refractivity contribution in [2.75, 3.05) is 6.54 Å². The Morgan fingerprint density at radius 2 is 2.00 bits per heavy atom. The number of likely N-dealkylation sites (tertiary alicyclic amines) is 1. The summed E-state index contributed by atoms with van der Waals surface area (Å²) < 4.78 is 5.72. The molecule has 1 N–H and O–H groups in total. The number of aliphatic carboxylic acids is 1. The zero-order chi connectivity index (χ0) is 15.9. The molecular formula is C17H19NO4. The third-order valence-corrected chi connectivity index (χ3v) is 4.53. The van der Waals surface area contributed by atoms with Crippen LogP contribution >= 0.6 is 0 Å². The summed E-state index contributed by atoms with van der Waals surface area (Å²) in [6, 6.07) is 7.55. The number of aryl methyl sites for hydroxylation is 1. The summed E-state index contributed by atoms with van der Waals surface area (Å²) >= 11 is 0. The highest BCUT2D eigenvalue weighted by atomic mass is 16.4. The van der Waals surface area contributed by atoms with Crippen molar-refractivity contribution >= 4 is 22.8 Å². The number of carbonyl (C=O) groups excluding carboxylic acids is 1. The number of carboxylic acids is 1. The van der Waals surface area contributed by atoms with Gasteiger partial charge in [0.1, 0.15) is 5.58 Å². The van der Waals surface area contributed by atoms with Crippen molar-refractivity contribution in [1.29, 1.82) is 0 Å². The Bertz CT molecular complexity index is 733. The lowest BCUT2D eigenvalue weighted by Crippen LogP contribution is -2.47. The normalized spacial score (nSPS) is 22.0. The fraction of sp³-hybridized carbons (Fsp3) is 0.412. The fourth-order valence-electron chi connectivity index (χ4n) is 3.10. The third-order valence-electron chi connectivity index (χ3n) is 4.53. The summed E-state index contributed by atoms with van der Waals surface area (Å²) in [6.45, 7) is 4.06. The van der Waals surface area contributed by atoms with Crippen molar-refractivity contribution in [3.63, 3.8) is 0 Å². The van der Waals surface area contributed by atoms with E-state index in [9.17, 15) is 14.7 Å². The first-order chi connectivity index (χ1) is 10.5. The molecule has 2 heterocycles. The molecule has 22 heavy (non-hydrogen) atoms. The second-order valence-electron chi connectivity index (χ2n) is 5.97. The predicted octanol–water partition coefficient (Wildman–Crippen LogP) is 3.07. The molecule has 3 rings (SSSR count). The van der Waals surface area contributed by atoms with E-state index in [2.05, 4.69) is 0 Å². The van der Waals surface area contributed by atoms with Crippen LogP contribution in [0.15, 0.2) is 28.7 Å². The monoisotopic (exact) mass is 301 g/mol. The van der Waals surface area contributed by atoms with Crippen molar-refractivity contribution in [3.8, 4) is 0 Å². The van der Waals surface area contributed by atoms with E-state index in [0.717, 1.165) is 10.9 Å². The van der Waals surface area contributed by atoms with E-state index in [4.69, 9.17) is 4.42 Å². The SMILES string of the molecule is Cc1c(C(=O)N2CC(C(=O)O)CCC2C)oc2ccccc12. The molecule has 1 saturated heterocycles. The molecule has 1 amide bonds. The minimum Gasteiger partial charge on any atom is -0.481 e. The number of furan rings is 1. The summed E-state index contributed by atoms with van der Waals surface area (Å²) in [7, 11) is 0. The Morgan fingerprint density at radius 1 is 1.27 bits per heavy atom. The molecule has 5 heteroatoms. The van der Waals surface area contributed by atoms with Gasteiger partial charge in [0.2, 0.25) is 0 Å². The molecule has 1 aromatic heterocycles. The molecule has 1 fully saturated rings. The highest BCUT2D eigenvalue weighted by Crippen LogP contribution is 2.29. The highest BCUT2D eigenvalue weighted by Gasteiger charge is 2.34. The molecule has 2 unspecified atom stereocenters. The van der Waals surface area contributed by atoms with Crippen molar-refractivity contribution in [2.24, 2.45) is 5.92 Å². The molecular weight excluding hydrogens is 282 g/mol. The summed E-state index contributed by atoms with van der Waals surface area (Å²) in [4.78, 5) is 25.7. The van der Waals surface area contributed by atoms with E-state index in [1.807, 2.05) is 38.1 Å². The van der Waals surface area contributed by atoms with Crippen molar-refractivity contribution in [2.45, 2.75) is 32.7 Å². The van der Waals surface area contributed by atoms with Crippen LogP contribution in [-0.2, 0) is 4.79 Å². The van der Waals surface area contributed by atoms with Gasteiger partial charge in [0.25, 0.3) is 5.91 Å². The second kappa shape index (κ2) is 5.48. The van der Waals surface area contributed by atoms with Gasteiger partial charge in [-0.15, -0.1) is 0 Å². The number of fused-ring (bicyclic) bond motifs is 1. The van der Waals surface area contributed by atoms with E-state index in [1.54, 1.807) is 4.90 Å². The minimum absolute atomic E-state index is 0.0238. The number of carboxylic acid groups (broad SMARTS) is 1. The van der Waals surface area contributed by atoms with Crippen LogP contribution in [0.4, 0.5) is 0 Å². The second-order valence-corrected chi connectivity index (χ2v) is 5.97. The standard InChI is InChI=1S/C17H19NO4/c1-10-7-8-12(17(20)21)9-18(10)16(19)15-11(2)13-5-3-4-6-14(13)22-15/h3-6,10,12H,7-9H2,1-2H3,(H,20,21).